The Morgan fingerprint density at radius 2 is 2.10 bits per heavy atom. The van der Waals surface area contributed by atoms with Gasteiger partial charge in [0.1, 0.15) is 5.75 Å². The van der Waals surface area contributed by atoms with Gasteiger partial charge in [0.25, 0.3) is 0 Å². The highest BCUT2D eigenvalue weighted by Gasteiger charge is 2.28. The number of H-pyrrole nitrogens is 1. The van der Waals surface area contributed by atoms with Gasteiger partial charge in [-0.2, -0.15) is 0 Å². The van der Waals surface area contributed by atoms with Crippen LogP contribution in [0.2, 0.25) is 0 Å². The molecule has 1 aliphatic rings. The Bertz CT molecular complexity index is 627. The van der Waals surface area contributed by atoms with Crippen LogP contribution < -0.4 is 0 Å². The number of rotatable bonds is 4. The summed E-state index contributed by atoms with van der Waals surface area (Å²) in [5, 5.41) is 11.0. The normalized spacial score (nSPS) is 19.9. The number of aromatic hydroxyl groups is 1. The molecule has 0 amide bonds. The zero-order chi connectivity index (χ0) is 15.0. The monoisotopic (exact) mass is 286 g/mol. The van der Waals surface area contributed by atoms with E-state index < -0.39 is 0 Å². The second kappa shape index (κ2) is 5.72. The molecule has 1 aromatic heterocycles. The van der Waals surface area contributed by atoms with Gasteiger partial charge in [-0.15, -0.1) is 0 Å². The zero-order valence-electron chi connectivity index (χ0n) is 13.3. The van der Waals surface area contributed by atoms with Crippen molar-refractivity contribution < 1.29 is 5.11 Å². The van der Waals surface area contributed by atoms with Gasteiger partial charge < -0.3 is 15.0 Å². The molecule has 0 saturated heterocycles. The molecule has 2 aromatic rings. The third-order valence-corrected chi connectivity index (χ3v) is 5.28. The molecule has 0 bridgehead atoms. The molecule has 1 aromatic carbocycles. The van der Waals surface area contributed by atoms with Gasteiger partial charge in [-0.05, 0) is 69.0 Å². The fourth-order valence-corrected chi connectivity index (χ4v) is 3.94. The summed E-state index contributed by atoms with van der Waals surface area (Å²) in [6.07, 6.45) is 3.50. The Hall–Kier alpha value is -1.48. The maximum atomic E-state index is 9.77. The van der Waals surface area contributed by atoms with Crippen LogP contribution in [0, 0.1) is 5.92 Å². The van der Waals surface area contributed by atoms with Crippen molar-refractivity contribution in [2.24, 2.45) is 5.92 Å². The van der Waals surface area contributed by atoms with Crippen molar-refractivity contribution in [3.8, 4) is 5.75 Å². The number of nitrogens with zero attached hydrogens (tertiary/aromatic N) is 1. The first-order valence-corrected chi connectivity index (χ1v) is 8.20. The third kappa shape index (κ3) is 2.55. The summed E-state index contributed by atoms with van der Waals surface area (Å²) in [5.41, 5.74) is 3.96. The maximum absolute atomic E-state index is 9.77. The van der Waals surface area contributed by atoms with Gasteiger partial charge in [0.2, 0.25) is 0 Å². The molecular weight excluding hydrogens is 260 g/mol. The van der Waals surface area contributed by atoms with E-state index in [9.17, 15) is 5.11 Å². The lowest BCUT2D eigenvalue weighted by Gasteiger charge is -2.35. The van der Waals surface area contributed by atoms with E-state index in [1.165, 1.54) is 23.1 Å². The van der Waals surface area contributed by atoms with E-state index in [-0.39, 0.29) is 0 Å². The lowest BCUT2D eigenvalue weighted by atomic mass is 9.82. The largest absolute Gasteiger partial charge is 0.508 e. The number of aromatic nitrogens is 1. The number of hydrogen-bond donors (Lipinski definition) is 2. The predicted octanol–water partition coefficient (Wildman–Crippen LogP) is 3.71. The van der Waals surface area contributed by atoms with Crippen LogP contribution in [0.4, 0.5) is 0 Å². The summed E-state index contributed by atoms with van der Waals surface area (Å²) >= 11 is 0. The van der Waals surface area contributed by atoms with Gasteiger partial charge in [-0.3, -0.25) is 0 Å². The van der Waals surface area contributed by atoms with Crippen molar-refractivity contribution in [3.05, 3.63) is 29.5 Å². The molecular formula is C18H26N2O. The van der Waals surface area contributed by atoms with Crippen LogP contribution in [0.25, 0.3) is 10.9 Å². The molecule has 1 aliphatic carbocycles. The molecule has 21 heavy (non-hydrogen) atoms. The topological polar surface area (TPSA) is 39.3 Å². The number of aromatic amines is 1. The molecule has 3 heteroatoms. The molecule has 0 saturated carbocycles. The minimum absolute atomic E-state index is 0.364. The second-order valence-corrected chi connectivity index (χ2v) is 6.28. The number of benzene rings is 1. The predicted molar refractivity (Wildman–Crippen MR) is 87.9 cm³/mol. The first-order valence-electron chi connectivity index (χ1n) is 8.20. The minimum Gasteiger partial charge on any atom is -0.508 e. The van der Waals surface area contributed by atoms with Crippen LogP contribution in [0.1, 0.15) is 38.4 Å². The van der Waals surface area contributed by atoms with Crippen molar-refractivity contribution >= 4 is 10.9 Å². The van der Waals surface area contributed by atoms with Crippen LogP contribution in [0.3, 0.4) is 0 Å². The molecule has 0 spiro atoms. The van der Waals surface area contributed by atoms with E-state index >= 15 is 0 Å². The van der Waals surface area contributed by atoms with Gasteiger partial charge in [-0.25, -0.2) is 0 Å². The average molecular weight is 286 g/mol. The van der Waals surface area contributed by atoms with Crippen LogP contribution >= 0.6 is 0 Å². The van der Waals surface area contributed by atoms with Crippen LogP contribution in [0.15, 0.2) is 18.2 Å². The first-order chi connectivity index (χ1) is 10.1. The first kappa shape index (κ1) is 14.5. The molecule has 0 fully saturated rings. The zero-order valence-corrected chi connectivity index (χ0v) is 13.3. The number of fused-ring (bicyclic) bond motifs is 3. The molecule has 114 valence electrons. The molecule has 3 rings (SSSR count). The van der Waals surface area contributed by atoms with Crippen molar-refractivity contribution in [2.45, 2.75) is 46.1 Å². The van der Waals surface area contributed by atoms with Gasteiger partial charge >= 0.3 is 0 Å². The number of nitrogens with one attached hydrogen (secondary N) is 1. The van der Waals surface area contributed by atoms with E-state index in [1.807, 2.05) is 12.1 Å². The van der Waals surface area contributed by atoms with Crippen molar-refractivity contribution in [3.63, 3.8) is 0 Å². The van der Waals surface area contributed by atoms with E-state index in [1.54, 1.807) is 6.07 Å². The van der Waals surface area contributed by atoms with Gasteiger partial charge in [0.15, 0.2) is 0 Å². The molecule has 1 heterocycles. The molecule has 0 radical (unpaired) electrons. The number of hydrogen-bond acceptors (Lipinski definition) is 2. The molecule has 2 unspecified atom stereocenters. The van der Waals surface area contributed by atoms with E-state index in [0.29, 0.717) is 17.7 Å². The Morgan fingerprint density at radius 1 is 1.33 bits per heavy atom. The fraction of sp³-hybridized carbons (Fsp3) is 0.556. The lowest BCUT2D eigenvalue weighted by Crippen LogP contribution is -2.40. The van der Waals surface area contributed by atoms with Gasteiger partial charge in [0, 0.05) is 22.6 Å². The second-order valence-electron chi connectivity index (χ2n) is 6.28. The summed E-state index contributed by atoms with van der Waals surface area (Å²) in [6, 6.07) is 6.29. The standard InChI is InChI=1S/C18H26N2O/c1-4-20(5-2)12(3)13-6-8-17-15(10-13)16-11-14(21)7-9-18(16)19-17/h7,9,11-13,19,21H,4-6,8,10H2,1-3H3. The molecule has 2 N–H and O–H groups in total. The Morgan fingerprint density at radius 3 is 2.81 bits per heavy atom. The highest BCUT2D eigenvalue weighted by molar-refractivity contribution is 5.86. The van der Waals surface area contributed by atoms with E-state index in [2.05, 4.69) is 30.7 Å². The van der Waals surface area contributed by atoms with Crippen molar-refractivity contribution in [1.29, 1.82) is 0 Å². The highest BCUT2D eigenvalue weighted by atomic mass is 16.3. The number of phenolic OH excluding ortho intramolecular Hbond substituents is 1. The smallest absolute Gasteiger partial charge is 0.116 e. The summed E-state index contributed by atoms with van der Waals surface area (Å²) in [7, 11) is 0. The van der Waals surface area contributed by atoms with Crippen molar-refractivity contribution in [1.82, 2.24) is 9.88 Å². The Kier molecular flexibility index (Phi) is 3.94. The van der Waals surface area contributed by atoms with Crippen LogP contribution in [-0.2, 0) is 12.8 Å². The summed E-state index contributed by atoms with van der Waals surface area (Å²) < 4.78 is 0. The summed E-state index contributed by atoms with van der Waals surface area (Å²) in [5.74, 6) is 1.07. The summed E-state index contributed by atoms with van der Waals surface area (Å²) in [6.45, 7) is 9.11. The molecule has 2 atom stereocenters. The molecule has 0 aliphatic heterocycles. The molecule has 3 nitrogen and oxygen atoms in total. The van der Waals surface area contributed by atoms with E-state index in [4.69, 9.17) is 0 Å². The maximum Gasteiger partial charge on any atom is 0.116 e. The summed E-state index contributed by atoms with van der Waals surface area (Å²) in [4.78, 5) is 6.09. The fourth-order valence-electron chi connectivity index (χ4n) is 3.94. The Balaban J connectivity index is 1.90. The van der Waals surface area contributed by atoms with Crippen molar-refractivity contribution in [2.75, 3.05) is 13.1 Å². The average Bonchev–Trinajstić information content (AvgIpc) is 2.85. The minimum atomic E-state index is 0.364. The third-order valence-electron chi connectivity index (χ3n) is 5.28. The quantitative estimate of drug-likeness (QED) is 0.899. The number of aryl methyl sites for hydroxylation is 1. The van der Waals surface area contributed by atoms with Gasteiger partial charge in [-0.1, -0.05) is 13.8 Å². The van der Waals surface area contributed by atoms with Gasteiger partial charge in [0.05, 0.1) is 0 Å². The number of phenols is 1. The SMILES string of the molecule is CCN(CC)C(C)C1CCc2[nH]c3ccc(O)cc3c2C1. The Labute approximate surface area is 127 Å². The van der Waals surface area contributed by atoms with E-state index in [0.717, 1.165) is 31.4 Å². The lowest BCUT2D eigenvalue weighted by molar-refractivity contribution is 0.159. The van der Waals surface area contributed by atoms with Crippen LogP contribution in [0.5, 0.6) is 5.75 Å². The van der Waals surface area contributed by atoms with Crippen LogP contribution in [-0.4, -0.2) is 34.1 Å². The highest BCUT2D eigenvalue weighted by Crippen LogP contribution is 2.35.